The molecular formula is C12H19NO4. The lowest BCUT2D eigenvalue weighted by Gasteiger charge is -2.24. The minimum Gasteiger partial charge on any atom is -0.469 e. The van der Waals surface area contributed by atoms with Crippen LogP contribution in [0.5, 0.6) is 0 Å². The molecule has 1 N–H and O–H groups in total. The van der Waals surface area contributed by atoms with Crippen LogP contribution in [-0.2, 0) is 14.4 Å². The van der Waals surface area contributed by atoms with E-state index < -0.39 is 0 Å². The van der Waals surface area contributed by atoms with E-state index in [2.05, 4.69) is 9.89 Å². The average molecular weight is 241 g/mol. The number of methoxy groups -OCH3 is 1. The van der Waals surface area contributed by atoms with Crippen LogP contribution in [0.4, 0.5) is 0 Å². The van der Waals surface area contributed by atoms with Crippen LogP contribution in [-0.4, -0.2) is 36.1 Å². The number of carbonyl (C=O) groups excluding carboxylic acids is 1. The van der Waals surface area contributed by atoms with Crippen molar-refractivity contribution in [2.45, 2.75) is 50.7 Å². The molecule has 1 heterocycles. The minimum atomic E-state index is -0.259. The van der Waals surface area contributed by atoms with Gasteiger partial charge in [0.05, 0.1) is 25.3 Å². The first-order chi connectivity index (χ1) is 8.19. The van der Waals surface area contributed by atoms with Crippen molar-refractivity contribution in [1.82, 2.24) is 0 Å². The fourth-order valence-electron chi connectivity index (χ4n) is 2.48. The van der Waals surface area contributed by atoms with Crippen LogP contribution in [0, 0.1) is 5.92 Å². The van der Waals surface area contributed by atoms with E-state index in [0.29, 0.717) is 5.92 Å². The number of nitrogens with zero attached hydrogens (tertiary/aromatic N) is 1. The molecule has 0 amide bonds. The van der Waals surface area contributed by atoms with Crippen molar-refractivity contribution in [3.8, 4) is 0 Å². The van der Waals surface area contributed by atoms with Crippen LogP contribution in [0.1, 0.15) is 38.5 Å². The molecule has 0 spiro atoms. The first-order valence-electron chi connectivity index (χ1n) is 6.16. The molecule has 2 aliphatic rings. The number of aliphatic hydroxyl groups is 1. The van der Waals surface area contributed by atoms with E-state index in [-0.39, 0.29) is 24.6 Å². The fraction of sp³-hybridized carbons (Fsp3) is 0.833. The summed E-state index contributed by atoms with van der Waals surface area (Å²) in [5, 5.41) is 13.5. The largest absolute Gasteiger partial charge is 0.469 e. The fourth-order valence-corrected chi connectivity index (χ4v) is 2.48. The molecular weight excluding hydrogens is 222 g/mol. The smallest absolute Gasteiger partial charge is 0.309 e. The molecule has 1 aliphatic carbocycles. The number of hydrogen-bond donors (Lipinski definition) is 1. The SMILES string of the molecule is COC(=O)CC1CC(C2CCC(O)CC2)=NO1. The molecule has 1 aliphatic heterocycles. The zero-order valence-corrected chi connectivity index (χ0v) is 10.1. The quantitative estimate of drug-likeness (QED) is 0.755. The Morgan fingerprint density at radius 2 is 2.18 bits per heavy atom. The summed E-state index contributed by atoms with van der Waals surface area (Å²) in [6.45, 7) is 0. The van der Waals surface area contributed by atoms with E-state index in [0.717, 1.165) is 37.8 Å². The molecule has 1 fully saturated rings. The van der Waals surface area contributed by atoms with Crippen LogP contribution in [0.15, 0.2) is 5.16 Å². The van der Waals surface area contributed by atoms with Crippen molar-refractivity contribution in [1.29, 1.82) is 0 Å². The standard InChI is InChI=1S/C12H19NO4/c1-16-12(15)7-10-6-11(13-17-10)8-2-4-9(14)5-3-8/h8-10,14H,2-7H2,1H3. The molecule has 1 atom stereocenters. The topological polar surface area (TPSA) is 68.1 Å². The zero-order chi connectivity index (χ0) is 12.3. The Hall–Kier alpha value is -1.10. The molecule has 96 valence electrons. The lowest BCUT2D eigenvalue weighted by molar-refractivity contribution is -0.143. The van der Waals surface area contributed by atoms with Gasteiger partial charge in [-0.2, -0.15) is 0 Å². The molecule has 5 nitrogen and oxygen atoms in total. The Labute approximate surface area is 101 Å². The molecule has 17 heavy (non-hydrogen) atoms. The number of carbonyl (C=O) groups is 1. The second-order valence-corrected chi connectivity index (χ2v) is 4.80. The summed E-state index contributed by atoms with van der Waals surface area (Å²) in [5.41, 5.74) is 1.05. The Morgan fingerprint density at radius 3 is 2.82 bits per heavy atom. The highest BCUT2D eigenvalue weighted by atomic mass is 16.6. The highest BCUT2D eigenvalue weighted by Gasteiger charge is 2.31. The monoisotopic (exact) mass is 241 g/mol. The van der Waals surface area contributed by atoms with Gasteiger partial charge in [0, 0.05) is 12.3 Å². The van der Waals surface area contributed by atoms with Crippen LogP contribution in [0.3, 0.4) is 0 Å². The van der Waals surface area contributed by atoms with Crippen LogP contribution in [0.25, 0.3) is 0 Å². The van der Waals surface area contributed by atoms with Crippen LogP contribution >= 0.6 is 0 Å². The Kier molecular flexibility index (Phi) is 3.99. The van der Waals surface area contributed by atoms with E-state index in [1.165, 1.54) is 7.11 Å². The van der Waals surface area contributed by atoms with Crippen LogP contribution in [0.2, 0.25) is 0 Å². The van der Waals surface area contributed by atoms with Crippen molar-refractivity contribution in [2.24, 2.45) is 11.1 Å². The van der Waals surface area contributed by atoms with Gasteiger partial charge in [-0.3, -0.25) is 4.79 Å². The summed E-state index contributed by atoms with van der Waals surface area (Å²) < 4.78 is 4.60. The molecule has 1 saturated carbocycles. The summed E-state index contributed by atoms with van der Waals surface area (Å²) in [6, 6.07) is 0. The van der Waals surface area contributed by atoms with E-state index in [1.807, 2.05) is 0 Å². The molecule has 0 aromatic heterocycles. The number of rotatable bonds is 3. The molecule has 2 rings (SSSR count). The summed E-state index contributed by atoms with van der Waals surface area (Å²) >= 11 is 0. The van der Waals surface area contributed by atoms with Gasteiger partial charge in [-0.05, 0) is 25.7 Å². The van der Waals surface area contributed by atoms with E-state index in [1.54, 1.807) is 0 Å². The highest BCUT2D eigenvalue weighted by Crippen LogP contribution is 2.30. The van der Waals surface area contributed by atoms with Gasteiger partial charge >= 0.3 is 5.97 Å². The molecule has 5 heteroatoms. The van der Waals surface area contributed by atoms with Crippen molar-refractivity contribution in [3.63, 3.8) is 0 Å². The highest BCUT2D eigenvalue weighted by molar-refractivity contribution is 5.88. The summed E-state index contributed by atoms with van der Waals surface area (Å²) in [4.78, 5) is 16.4. The van der Waals surface area contributed by atoms with Gasteiger partial charge in [0.2, 0.25) is 0 Å². The van der Waals surface area contributed by atoms with Gasteiger partial charge in [-0.15, -0.1) is 0 Å². The Bertz CT molecular complexity index is 308. The predicted octanol–water partition coefficient (Wildman–Crippen LogP) is 1.25. The first-order valence-corrected chi connectivity index (χ1v) is 6.16. The van der Waals surface area contributed by atoms with E-state index in [9.17, 15) is 9.90 Å². The van der Waals surface area contributed by atoms with Gasteiger partial charge in [0.15, 0.2) is 0 Å². The third-order valence-electron chi connectivity index (χ3n) is 3.55. The molecule has 0 bridgehead atoms. The van der Waals surface area contributed by atoms with Crippen molar-refractivity contribution in [2.75, 3.05) is 7.11 Å². The summed E-state index contributed by atoms with van der Waals surface area (Å²) in [7, 11) is 1.38. The number of ether oxygens (including phenoxy) is 1. The lowest BCUT2D eigenvalue weighted by Crippen LogP contribution is -2.24. The summed E-state index contributed by atoms with van der Waals surface area (Å²) in [5.74, 6) is 0.159. The maximum Gasteiger partial charge on any atom is 0.309 e. The second kappa shape index (κ2) is 5.49. The normalized spacial score (nSPS) is 32.8. The molecule has 0 radical (unpaired) electrons. The first kappa shape index (κ1) is 12.4. The summed E-state index contributed by atoms with van der Waals surface area (Å²) in [6.07, 6.45) is 4.28. The molecule has 0 saturated heterocycles. The Morgan fingerprint density at radius 1 is 1.47 bits per heavy atom. The molecule has 0 aromatic rings. The lowest BCUT2D eigenvalue weighted by atomic mass is 9.83. The maximum absolute atomic E-state index is 11.1. The van der Waals surface area contributed by atoms with E-state index in [4.69, 9.17) is 4.84 Å². The number of hydrogen-bond acceptors (Lipinski definition) is 5. The van der Waals surface area contributed by atoms with Crippen molar-refractivity contribution >= 4 is 11.7 Å². The van der Waals surface area contributed by atoms with E-state index >= 15 is 0 Å². The van der Waals surface area contributed by atoms with Crippen molar-refractivity contribution < 1.29 is 19.5 Å². The second-order valence-electron chi connectivity index (χ2n) is 4.80. The molecule has 1 unspecified atom stereocenters. The minimum absolute atomic E-state index is 0.153. The number of aliphatic hydroxyl groups excluding tert-OH is 1. The van der Waals surface area contributed by atoms with Gasteiger partial charge in [0.25, 0.3) is 0 Å². The zero-order valence-electron chi connectivity index (χ0n) is 10.1. The Balaban J connectivity index is 1.79. The third kappa shape index (κ3) is 3.19. The van der Waals surface area contributed by atoms with Crippen molar-refractivity contribution in [3.05, 3.63) is 0 Å². The van der Waals surface area contributed by atoms with Gasteiger partial charge in [-0.1, -0.05) is 5.16 Å². The third-order valence-corrected chi connectivity index (χ3v) is 3.55. The van der Waals surface area contributed by atoms with Gasteiger partial charge in [0.1, 0.15) is 6.10 Å². The van der Waals surface area contributed by atoms with Gasteiger partial charge < -0.3 is 14.7 Å². The number of esters is 1. The maximum atomic E-state index is 11.1. The van der Waals surface area contributed by atoms with Gasteiger partial charge in [-0.25, -0.2) is 0 Å². The van der Waals surface area contributed by atoms with Crippen LogP contribution < -0.4 is 0 Å². The molecule has 0 aromatic carbocycles. The number of oxime groups is 1. The average Bonchev–Trinajstić information content (AvgIpc) is 2.78. The predicted molar refractivity (Wildman–Crippen MR) is 61.5 cm³/mol.